The number of rotatable bonds is 8. The van der Waals surface area contributed by atoms with Crippen LogP contribution < -0.4 is 10.1 Å². The zero-order valence-corrected chi connectivity index (χ0v) is 15.2. The number of carbonyl (C=O) groups is 1. The molecule has 1 N–H and O–H groups in total. The molecule has 0 fully saturated rings. The van der Waals surface area contributed by atoms with Crippen molar-refractivity contribution in [1.82, 2.24) is 10.2 Å². The van der Waals surface area contributed by atoms with Gasteiger partial charge in [0, 0.05) is 5.75 Å². The summed E-state index contributed by atoms with van der Waals surface area (Å²) in [5.74, 6) is 1.52. The van der Waals surface area contributed by atoms with E-state index < -0.39 is 0 Å². The van der Waals surface area contributed by atoms with Gasteiger partial charge in [-0.05, 0) is 37.5 Å². The Morgan fingerprint density at radius 2 is 2.17 bits per heavy atom. The number of aromatic nitrogens is 2. The van der Waals surface area contributed by atoms with Crippen LogP contribution in [0.3, 0.4) is 0 Å². The number of thioether (sulfide) groups is 1. The van der Waals surface area contributed by atoms with Gasteiger partial charge in [0.15, 0.2) is 10.9 Å². The van der Waals surface area contributed by atoms with Crippen LogP contribution in [0.25, 0.3) is 0 Å². The highest BCUT2D eigenvalue weighted by molar-refractivity contribution is 8.01. The van der Waals surface area contributed by atoms with Crippen molar-refractivity contribution in [3.8, 4) is 5.75 Å². The molecular formula is C16H21N3O2S2. The van der Waals surface area contributed by atoms with Crippen molar-refractivity contribution in [2.75, 3.05) is 17.7 Å². The molecular weight excluding hydrogens is 330 g/mol. The van der Waals surface area contributed by atoms with Gasteiger partial charge in [-0.1, -0.05) is 48.6 Å². The first-order chi connectivity index (χ1) is 11.1. The largest absolute Gasteiger partial charge is 0.483 e. The van der Waals surface area contributed by atoms with Crippen molar-refractivity contribution in [3.05, 3.63) is 29.3 Å². The highest BCUT2D eigenvalue weighted by Crippen LogP contribution is 2.26. The molecule has 1 amide bonds. The second-order valence-electron chi connectivity index (χ2n) is 5.11. The van der Waals surface area contributed by atoms with Gasteiger partial charge < -0.3 is 4.74 Å². The number of carbonyl (C=O) groups excluding carboxylic acids is 1. The van der Waals surface area contributed by atoms with Crippen LogP contribution in [0.15, 0.2) is 22.5 Å². The summed E-state index contributed by atoms with van der Waals surface area (Å²) in [6.45, 7) is 6.11. The van der Waals surface area contributed by atoms with Gasteiger partial charge in [-0.25, -0.2) is 0 Å². The Morgan fingerprint density at radius 3 is 2.96 bits per heavy atom. The number of hydrogen-bond donors (Lipinski definition) is 1. The Morgan fingerprint density at radius 1 is 1.35 bits per heavy atom. The topological polar surface area (TPSA) is 64.1 Å². The highest BCUT2D eigenvalue weighted by Gasteiger charge is 2.10. The molecule has 1 aromatic carbocycles. The average Bonchev–Trinajstić information content (AvgIpc) is 2.96. The molecule has 0 bridgehead atoms. The maximum Gasteiger partial charge on any atom is 0.264 e. The second kappa shape index (κ2) is 8.88. The van der Waals surface area contributed by atoms with Gasteiger partial charge in [-0.3, -0.25) is 10.1 Å². The van der Waals surface area contributed by atoms with Gasteiger partial charge in [0.2, 0.25) is 5.13 Å². The molecule has 23 heavy (non-hydrogen) atoms. The molecule has 0 atom stereocenters. The first-order valence-electron chi connectivity index (χ1n) is 7.55. The summed E-state index contributed by atoms with van der Waals surface area (Å²) < 4.78 is 6.46. The Bertz CT molecular complexity index is 659. The maximum atomic E-state index is 11.9. The fourth-order valence-electron chi connectivity index (χ4n) is 1.80. The summed E-state index contributed by atoms with van der Waals surface area (Å²) in [6.07, 6.45) is 2.31. The summed E-state index contributed by atoms with van der Waals surface area (Å²) in [4.78, 5) is 11.9. The minimum Gasteiger partial charge on any atom is -0.483 e. The van der Waals surface area contributed by atoms with E-state index in [2.05, 4.69) is 22.4 Å². The van der Waals surface area contributed by atoms with Crippen molar-refractivity contribution in [2.45, 2.75) is 38.0 Å². The zero-order chi connectivity index (χ0) is 16.7. The Hall–Kier alpha value is -1.60. The summed E-state index contributed by atoms with van der Waals surface area (Å²) in [6, 6.07) is 5.80. The molecule has 2 rings (SSSR count). The lowest BCUT2D eigenvalue weighted by atomic mass is 10.1. The molecule has 1 aromatic heterocycles. The Labute approximate surface area is 144 Å². The van der Waals surface area contributed by atoms with Gasteiger partial charge in [0.25, 0.3) is 5.91 Å². The van der Waals surface area contributed by atoms with Crippen molar-refractivity contribution in [3.63, 3.8) is 0 Å². The van der Waals surface area contributed by atoms with Crippen molar-refractivity contribution in [2.24, 2.45) is 0 Å². The number of aryl methyl sites for hydroxylation is 1. The normalized spacial score (nSPS) is 10.6. The maximum absolute atomic E-state index is 11.9. The molecule has 0 saturated carbocycles. The van der Waals surface area contributed by atoms with E-state index in [4.69, 9.17) is 4.74 Å². The Balaban J connectivity index is 1.82. The zero-order valence-electron chi connectivity index (χ0n) is 13.6. The van der Waals surface area contributed by atoms with E-state index in [1.165, 1.54) is 11.3 Å². The van der Waals surface area contributed by atoms with Crippen molar-refractivity contribution >= 4 is 34.1 Å². The molecule has 0 unspecified atom stereocenters. The summed E-state index contributed by atoms with van der Waals surface area (Å²) in [7, 11) is 0. The number of hydrogen-bond acceptors (Lipinski definition) is 6. The molecule has 0 aliphatic rings. The number of anilines is 1. The summed E-state index contributed by atoms with van der Waals surface area (Å²) >= 11 is 3.06. The quantitative estimate of drug-likeness (QED) is 0.441. The number of amides is 1. The van der Waals surface area contributed by atoms with Crippen LogP contribution in [0.1, 0.15) is 30.9 Å². The van der Waals surface area contributed by atoms with Crippen molar-refractivity contribution in [1.29, 1.82) is 0 Å². The van der Waals surface area contributed by atoms with E-state index in [9.17, 15) is 4.79 Å². The van der Waals surface area contributed by atoms with E-state index in [1.54, 1.807) is 11.8 Å². The number of nitrogens with one attached hydrogen (secondary N) is 1. The molecule has 124 valence electrons. The third kappa shape index (κ3) is 5.51. The standard InChI is InChI=1S/C16H21N3O2S2/c1-4-5-9-22-16-19-18-15(23-16)17-14(20)10-21-13-8-6-7-11(2)12(13)3/h6-8H,4-5,9-10H2,1-3H3,(H,17,18,20). The lowest BCUT2D eigenvalue weighted by Gasteiger charge is -2.10. The van der Waals surface area contributed by atoms with Crippen LogP contribution in [0.2, 0.25) is 0 Å². The minimum absolute atomic E-state index is 0.0395. The predicted octanol–water partition coefficient (Wildman–Crippen LogP) is 4.06. The lowest BCUT2D eigenvalue weighted by Crippen LogP contribution is -2.20. The van der Waals surface area contributed by atoms with Crippen LogP contribution in [0, 0.1) is 13.8 Å². The molecule has 5 nitrogen and oxygen atoms in total. The smallest absolute Gasteiger partial charge is 0.264 e. The van der Waals surface area contributed by atoms with E-state index in [0.717, 1.165) is 39.8 Å². The summed E-state index contributed by atoms with van der Waals surface area (Å²) in [5, 5.41) is 11.3. The molecule has 0 aliphatic carbocycles. The second-order valence-corrected chi connectivity index (χ2v) is 7.43. The van der Waals surface area contributed by atoms with Gasteiger partial charge >= 0.3 is 0 Å². The van der Waals surface area contributed by atoms with E-state index >= 15 is 0 Å². The van der Waals surface area contributed by atoms with E-state index in [1.807, 2.05) is 32.0 Å². The molecule has 0 radical (unpaired) electrons. The van der Waals surface area contributed by atoms with Crippen LogP contribution in [-0.2, 0) is 4.79 Å². The first-order valence-corrected chi connectivity index (χ1v) is 9.35. The number of nitrogens with zero attached hydrogens (tertiary/aromatic N) is 2. The fraction of sp³-hybridized carbons (Fsp3) is 0.438. The Kier molecular flexibility index (Phi) is 6.85. The van der Waals surface area contributed by atoms with E-state index in [0.29, 0.717) is 5.13 Å². The minimum atomic E-state index is -0.229. The highest BCUT2D eigenvalue weighted by atomic mass is 32.2. The fourth-order valence-corrected chi connectivity index (χ4v) is 3.72. The molecule has 0 saturated heterocycles. The van der Waals surface area contributed by atoms with Crippen LogP contribution in [0.5, 0.6) is 5.75 Å². The number of unbranched alkanes of at least 4 members (excludes halogenated alkanes) is 1. The molecule has 1 heterocycles. The monoisotopic (exact) mass is 351 g/mol. The molecule has 2 aromatic rings. The van der Waals surface area contributed by atoms with Gasteiger partial charge in [-0.2, -0.15) is 0 Å². The van der Waals surface area contributed by atoms with Gasteiger partial charge in [-0.15, -0.1) is 10.2 Å². The van der Waals surface area contributed by atoms with Crippen LogP contribution in [0.4, 0.5) is 5.13 Å². The average molecular weight is 351 g/mol. The molecule has 7 heteroatoms. The SMILES string of the molecule is CCCCSc1nnc(NC(=O)COc2cccc(C)c2C)s1. The summed E-state index contributed by atoms with van der Waals surface area (Å²) in [5.41, 5.74) is 2.19. The van der Waals surface area contributed by atoms with E-state index in [-0.39, 0.29) is 12.5 Å². The third-order valence-corrected chi connectivity index (χ3v) is 5.35. The molecule has 0 spiro atoms. The van der Waals surface area contributed by atoms with Gasteiger partial charge in [0.1, 0.15) is 5.75 Å². The number of benzene rings is 1. The van der Waals surface area contributed by atoms with Crippen molar-refractivity contribution < 1.29 is 9.53 Å². The molecule has 0 aliphatic heterocycles. The number of ether oxygens (including phenoxy) is 1. The van der Waals surface area contributed by atoms with Crippen LogP contribution >= 0.6 is 23.1 Å². The predicted molar refractivity (Wildman–Crippen MR) is 95.6 cm³/mol. The van der Waals surface area contributed by atoms with Gasteiger partial charge in [0.05, 0.1) is 0 Å². The first kappa shape index (κ1) is 17.7. The van der Waals surface area contributed by atoms with Crippen LogP contribution in [-0.4, -0.2) is 28.5 Å². The lowest BCUT2D eigenvalue weighted by molar-refractivity contribution is -0.118. The third-order valence-electron chi connectivity index (χ3n) is 3.29.